The maximum Gasteiger partial charge on any atom is 0.326 e. The normalized spacial score (nSPS) is 12.4. The summed E-state index contributed by atoms with van der Waals surface area (Å²) in [6.45, 7) is 1.66. The zero-order valence-corrected chi connectivity index (χ0v) is 12.8. The van der Waals surface area contributed by atoms with E-state index in [2.05, 4.69) is 5.32 Å². The molecule has 0 aliphatic heterocycles. The minimum Gasteiger partial charge on any atom is -0.480 e. The molecule has 2 aromatic rings. The van der Waals surface area contributed by atoms with Gasteiger partial charge in [0.25, 0.3) is 5.91 Å². The molecule has 1 unspecified atom stereocenters. The summed E-state index contributed by atoms with van der Waals surface area (Å²) in [7, 11) is 0. The lowest BCUT2D eigenvalue weighted by molar-refractivity contribution is -0.146. The second-order valence-electron chi connectivity index (χ2n) is 5.21. The van der Waals surface area contributed by atoms with Crippen molar-refractivity contribution < 1.29 is 19.8 Å². The maximum atomic E-state index is 12.7. The van der Waals surface area contributed by atoms with Crippen molar-refractivity contribution in [2.45, 2.75) is 25.0 Å². The van der Waals surface area contributed by atoms with Gasteiger partial charge in [0.15, 0.2) is 5.60 Å². The predicted octanol–water partition coefficient (Wildman–Crippen LogP) is 1.90. The summed E-state index contributed by atoms with van der Waals surface area (Å²) < 4.78 is 0. The number of nitrogens with one attached hydrogen (secondary N) is 1. The number of carboxylic acid groups (broad SMARTS) is 1. The molecular formula is C18H19NO4. The van der Waals surface area contributed by atoms with Crippen molar-refractivity contribution in [1.82, 2.24) is 5.32 Å². The van der Waals surface area contributed by atoms with Crippen LogP contribution < -0.4 is 5.32 Å². The van der Waals surface area contributed by atoms with Crippen LogP contribution >= 0.6 is 0 Å². The molecular weight excluding hydrogens is 294 g/mol. The van der Waals surface area contributed by atoms with E-state index in [9.17, 15) is 14.7 Å². The number of aliphatic hydroxyl groups is 1. The quantitative estimate of drug-likeness (QED) is 0.760. The van der Waals surface area contributed by atoms with Crippen LogP contribution in [0.15, 0.2) is 60.7 Å². The Bertz CT molecular complexity index is 630. The molecule has 0 fully saturated rings. The third kappa shape index (κ3) is 3.40. The van der Waals surface area contributed by atoms with Gasteiger partial charge in [-0.05, 0) is 17.5 Å². The highest BCUT2D eigenvalue weighted by molar-refractivity contribution is 5.92. The highest BCUT2D eigenvalue weighted by atomic mass is 16.4. The maximum absolute atomic E-state index is 12.7. The number of amides is 1. The second-order valence-corrected chi connectivity index (χ2v) is 5.21. The fourth-order valence-electron chi connectivity index (χ4n) is 2.39. The molecule has 23 heavy (non-hydrogen) atoms. The first-order valence-corrected chi connectivity index (χ1v) is 7.37. The fourth-order valence-corrected chi connectivity index (χ4v) is 2.39. The summed E-state index contributed by atoms with van der Waals surface area (Å²) in [6.07, 6.45) is 0.223. The molecule has 5 nitrogen and oxygen atoms in total. The van der Waals surface area contributed by atoms with Gasteiger partial charge in [0.1, 0.15) is 6.04 Å². The third-order valence-corrected chi connectivity index (χ3v) is 3.72. The third-order valence-electron chi connectivity index (χ3n) is 3.72. The van der Waals surface area contributed by atoms with Gasteiger partial charge in [0.05, 0.1) is 0 Å². The fraction of sp³-hybridized carbons (Fsp3) is 0.222. The Labute approximate surface area is 134 Å². The average molecular weight is 313 g/mol. The first-order chi connectivity index (χ1) is 11.0. The lowest BCUT2D eigenvalue weighted by atomic mass is 9.85. The Morgan fingerprint density at radius 1 is 1.00 bits per heavy atom. The average Bonchev–Trinajstić information content (AvgIpc) is 2.59. The Hall–Kier alpha value is -2.66. The number of aliphatic carboxylic acids is 1. The molecule has 0 aliphatic rings. The van der Waals surface area contributed by atoms with Crippen molar-refractivity contribution in [3.63, 3.8) is 0 Å². The van der Waals surface area contributed by atoms with Gasteiger partial charge >= 0.3 is 5.97 Å². The number of benzene rings is 2. The van der Waals surface area contributed by atoms with Crippen molar-refractivity contribution >= 4 is 11.9 Å². The Kier molecular flexibility index (Phi) is 5.13. The second kappa shape index (κ2) is 7.07. The van der Waals surface area contributed by atoms with E-state index >= 15 is 0 Å². The Balaban J connectivity index is 2.46. The van der Waals surface area contributed by atoms with E-state index < -0.39 is 23.5 Å². The van der Waals surface area contributed by atoms with Crippen LogP contribution in [0.4, 0.5) is 0 Å². The summed E-state index contributed by atoms with van der Waals surface area (Å²) >= 11 is 0. The van der Waals surface area contributed by atoms with Gasteiger partial charge in [-0.3, -0.25) is 4.79 Å². The molecule has 0 bridgehead atoms. The molecule has 0 saturated carbocycles. The first kappa shape index (κ1) is 16.7. The standard InChI is InChI=1S/C18H19NO4/c1-2-15(16(20)21)19-17(22)18(23,13-9-5-3-6-10-13)14-11-7-4-8-12-14/h3-12,15,23H,2H2,1H3,(H,19,22)(H,20,21). The lowest BCUT2D eigenvalue weighted by Gasteiger charge is -2.29. The Morgan fingerprint density at radius 3 is 1.78 bits per heavy atom. The minimum absolute atomic E-state index is 0.223. The molecule has 0 heterocycles. The number of carbonyl (C=O) groups is 2. The van der Waals surface area contributed by atoms with E-state index in [1.807, 2.05) is 0 Å². The molecule has 0 aromatic heterocycles. The van der Waals surface area contributed by atoms with Crippen LogP contribution in [0, 0.1) is 0 Å². The molecule has 2 aromatic carbocycles. The van der Waals surface area contributed by atoms with Gasteiger partial charge in [-0.1, -0.05) is 67.6 Å². The molecule has 1 atom stereocenters. The molecule has 0 saturated heterocycles. The van der Waals surface area contributed by atoms with Crippen LogP contribution in [-0.4, -0.2) is 28.1 Å². The van der Waals surface area contributed by atoms with Gasteiger partial charge in [-0.25, -0.2) is 4.79 Å². The van der Waals surface area contributed by atoms with E-state index in [1.54, 1.807) is 67.6 Å². The molecule has 0 aliphatic carbocycles. The zero-order valence-electron chi connectivity index (χ0n) is 12.8. The van der Waals surface area contributed by atoms with Crippen molar-refractivity contribution in [3.8, 4) is 0 Å². The molecule has 1 amide bonds. The summed E-state index contributed by atoms with van der Waals surface area (Å²) in [6, 6.07) is 15.9. The van der Waals surface area contributed by atoms with Crippen molar-refractivity contribution in [1.29, 1.82) is 0 Å². The molecule has 120 valence electrons. The highest BCUT2D eigenvalue weighted by Gasteiger charge is 2.41. The van der Waals surface area contributed by atoms with Crippen molar-refractivity contribution in [2.75, 3.05) is 0 Å². The van der Waals surface area contributed by atoms with Crippen molar-refractivity contribution in [2.24, 2.45) is 0 Å². The van der Waals surface area contributed by atoms with Gasteiger partial charge in [0.2, 0.25) is 0 Å². The Morgan fingerprint density at radius 2 is 1.43 bits per heavy atom. The molecule has 5 heteroatoms. The smallest absolute Gasteiger partial charge is 0.326 e. The van der Waals surface area contributed by atoms with Gasteiger partial charge in [-0.15, -0.1) is 0 Å². The summed E-state index contributed by atoms with van der Waals surface area (Å²) in [5.41, 5.74) is -1.20. The van der Waals surface area contributed by atoms with Gasteiger partial charge < -0.3 is 15.5 Å². The summed E-state index contributed by atoms with van der Waals surface area (Å²) in [5, 5.41) is 22.7. The molecule has 0 spiro atoms. The van der Waals surface area contributed by atoms with E-state index in [0.29, 0.717) is 11.1 Å². The molecule has 0 radical (unpaired) electrons. The minimum atomic E-state index is -1.95. The number of carbonyl (C=O) groups excluding carboxylic acids is 1. The lowest BCUT2D eigenvalue weighted by Crippen LogP contribution is -2.51. The largest absolute Gasteiger partial charge is 0.480 e. The topological polar surface area (TPSA) is 86.6 Å². The zero-order chi connectivity index (χ0) is 16.9. The van der Waals surface area contributed by atoms with E-state index in [1.165, 1.54) is 0 Å². The van der Waals surface area contributed by atoms with Crippen LogP contribution in [0.1, 0.15) is 24.5 Å². The molecule has 3 N–H and O–H groups in total. The van der Waals surface area contributed by atoms with Crippen LogP contribution in [0.3, 0.4) is 0 Å². The summed E-state index contributed by atoms with van der Waals surface area (Å²) in [4.78, 5) is 23.9. The van der Waals surface area contributed by atoms with Crippen LogP contribution in [0.2, 0.25) is 0 Å². The molecule has 2 rings (SSSR count). The first-order valence-electron chi connectivity index (χ1n) is 7.37. The SMILES string of the molecule is CCC(NC(=O)C(O)(c1ccccc1)c1ccccc1)C(=O)O. The van der Waals surface area contributed by atoms with Crippen molar-refractivity contribution in [3.05, 3.63) is 71.8 Å². The monoisotopic (exact) mass is 313 g/mol. The van der Waals surface area contributed by atoms with Gasteiger partial charge in [0, 0.05) is 0 Å². The van der Waals surface area contributed by atoms with E-state index in [-0.39, 0.29) is 6.42 Å². The predicted molar refractivity (Wildman–Crippen MR) is 85.7 cm³/mol. The van der Waals surface area contributed by atoms with E-state index in [4.69, 9.17) is 5.11 Å². The van der Waals surface area contributed by atoms with Gasteiger partial charge in [-0.2, -0.15) is 0 Å². The number of hydrogen-bond acceptors (Lipinski definition) is 3. The van der Waals surface area contributed by atoms with Crippen LogP contribution in [-0.2, 0) is 15.2 Å². The number of rotatable bonds is 6. The highest BCUT2D eigenvalue weighted by Crippen LogP contribution is 2.30. The number of hydrogen-bond donors (Lipinski definition) is 3. The summed E-state index contributed by atoms with van der Waals surface area (Å²) in [5.74, 6) is -1.89. The van der Waals surface area contributed by atoms with Crippen LogP contribution in [0.25, 0.3) is 0 Å². The van der Waals surface area contributed by atoms with Crippen LogP contribution in [0.5, 0.6) is 0 Å². The van der Waals surface area contributed by atoms with E-state index in [0.717, 1.165) is 0 Å². The number of carboxylic acids is 1.